The molecule has 0 saturated heterocycles. The Balaban J connectivity index is 1.91. The molecule has 118 valence electrons. The lowest BCUT2D eigenvalue weighted by Crippen LogP contribution is -2.01. The molecule has 0 atom stereocenters. The highest BCUT2D eigenvalue weighted by Gasteiger charge is 2.09. The Morgan fingerprint density at radius 3 is 2.72 bits per heavy atom. The largest absolute Gasteiger partial charge is 0.454 e. The number of aromatic nitrogens is 1. The van der Waals surface area contributed by atoms with E-state index in [9.17, 15) is 4.79 Å². The SMILES string of the molecule is C=CC#Cc1ccc2c(=O)cc(-c3cc4ccccc4cn3)oc2c1. The molecule has 2 heterocycles. The monoisotopic (exact) mass is 323 g/mol. The van der Waals surface area contributed by atoms with E-state index in [0.29, 0.717) is 22.4 Å². The number of benzene rings is 2. The maximum atomic E-state index is 12.4. The van der Waals surface area contributed by atoms with Crippen molar-refractivity contribution < 1.29 is 4.42 Å². The predicted molar refractivity (Wildman–Crippen MR) is 100 cm³/mol. The summed E-state index contributed by atoms with van der Waals surface area (Å²) in [5, 5.41) is 2.60. The summed E-state index contributed by atoms with van der Waals surface area (Å²) in [5.74, 6) is 6.18. The number of fused-ring (bicyclic) bond motifs is 2. The van der Waals surface area contributed by atoms with Crippen LogP contribution in [0, 0.1) is 11.8 Å². The molecule has 0 spiro atoms. The van der Waals surface area contributed by atoms with Crippen molar-refractivity contribution in [1.82, 2.24) is 4.98 Å². The van der Waals surface area contributed by atoms with Crippen molar-refractivity contribution in [2.24, 2.45) is 0 Å². The molecule has 0 fully saturated rings. The van der Waals surface area contributed by atoms with Gasteiger partial charge in [0.25, 0.3) is 0 Å². The van der Waals surface area contributed by atoms with Crippen LogP contribution >= 0.6 is 0 Å². The van der Waals surface area contributed by atoms with Gasteiger partial charge in [-0.3, -0.25) is 9.78 Å². The lowest BCUT2D eigenvalue weighted by molar-refractivity contribution is 0.616. The zero-order valence-electron chi connectivity index (χ0n) is 13.3. The summed E-state index contributed by atoms with van der Waals surface area (Å²) in [7, 11) is 0. The topological polar surface area (TPSA) is 43.1 Å². The van der Waals surface area contributed by atoms with E-state index < -0.39 is 0 Å². The van der Waals surface area contributed by atoms with Gasteiger partial charge >= 0.3 is 0 Å². The number of hydrogen-bond acceptors (Lipinski definition) is 3. The fraction of sp³-hybridized carbons (Fsp3) is 0. The Morgan fingerprint density at radius 1 is 1.04 bits per heavy atom. The molecule has 0 saturated carbocycles. The van der Waals surface area contributed by atoms with Crippen molar-refractivity contribution in [1.29, 1.82) is 0 Å². The van der Waals surface area contributed by atoms with Crippen molar-refractivity contribution in [3.05, 3.63) is 89.2 Å². The lowest BCUT2D eigenvalue weighted by Gasteiger charge is -2.04. The number of allylic oxidation sites excluding steroid dienone is 1. The molecule has 0 radical (unpaired) electrons. The first kappa shape index (κ1) is 14.9. The Kier molecular flexibility index (Phi) is 3.64. The maximum Gasteiger partial charge on any atom is 0.193 e. The van der Waals surface area contributed by atoms with E-state index in [1.54, 1.807) is 24.4 Å². The molecule has 3 nitrogen and oxygen atoms in total. The van der Waals surface area contributed by atoms with E-state index in [1.807, 2.05) is 30.3 Å². The molecular weight excluding hydrogens is 310 g/mol. The third kappa shape index (κ3) is 2.82. The normalized spacial score (nSPS) is 10.4. The fourth-order valence-corrected chi connectivity index (χ4v) is 2.71. The second-order valence-corrected chi connectivity index (χ2v) is 5.58. The highest BCUT2D eigenvalue weighted by molar-refractivity contribution is 5.85. The number of pyridine rings is 1. The quantitative estimate of drug-likeness (QED) is 0.483. The molecule has 2 aromatic carbocycles. The Hall–Kier alpha value is -3.64. The van der Waals surface area contributed by atoms with Crippen LogP contribution < -0.4 is 5.43 Å². The molecule has 0 amide bonds. The van der Waals surface area contributed by atoms with E-state index >= 15 is 0 Å². The minimum atomic E-state index is -0.102. The zero-order valence-corrected chi connectivity index (χ0v) is 13.3. The van der Waals surface area contributed by atoms with Crippen molar-refractivity contribution in [2.45, 2.75) is 0 Å². The molecular formula is C22H13NO2. The second kappa shape index (κ2) is 6.10. The number of nitrogens with zero attached hydrogens (tertiary/aromatic N) is 1. The van der Waals surface area contributed by atoms with E-state index in [2.05, 4.69) is 23.4 Å². The molecule has 0 bridgehead atoms. The van der Waals surface area contributed by atoms with Crippen molar-refractivity contribution in [2.75, 3.05) is 0 Å². The van der Waals surface area contributed by atoms with Crippen LogP contribution in [0.15, 0.2) is 82.7 Å². The molecule has 3 heteroatoms. The Bertz CT molecular complexity index is 1240. The van der Waals surface area contributed by atoms with Gasteiger partial charge in [0, 0.05) is 23.2 Å². The van der Waals surface area contributed by atoms with Crippen LogP contribution in [-0.4, -0.2) is 4.98 Å². The maximum absolute atomic E-state index is 12.4. The molecule has 4 aromatic rings. The van der Waals surface area contributed by atoms with Gasteiger partial charge in [-0.25, -0.2) is 0 Å². The summed E-state index contributed by atoms with van der Waals surface area (Å²) in [6, 6.07) is 16.6. The van der Waals surface area contributed by atoms with Gasteiger partial charge in [0.15, 0.2) is 11.2 Å². The third-order valence-corrected chi connectivity index (χ3v) is 3.93. The van der Waals surface area contributed by atoms with Gasteiger partial charge in [-0.2, -0.15) is 0 Å². The average molecular weight is 323 g/mol. The molecule has 0 aliphatic carbocycles. The highest BCUT2D eigenvalue weighted by atomic mass is 16.3. The molecule has 25 heavy (non-hydrogen) atoms. The zero-order chi connectivity index (χ0) is 17.2. The van der Waals surface area contributed by atoms with Crippen LogP contribution in [0.4, 0.5) is 0 Å². The summed E-state index contributed by atoms with van der Waals surface area (Å²) in [4.78, 5) is 16.8. The van der Waals surface area contributed by atoms with Crippen molar-refractivity contribution in [3.8, 4) is 23.3 Å². The fourth-order valence-electron chi connectivity index (χ4n) is 2.71. The van der Waals surface area contributed by atoms with Crippen molar-refractivity contribution >= 4 is 21.7 Å². The Morgan fingerprint density at radius 2 is 1.88 bits per heavy atom. The first-order valence-electron chi connectivity index (χ1n) is 7.80. The standard InChI is InChI=1S/C22H13NO2/c1-2-3-6-15-9-10-18-20(24)13-22(25-21(18)11-15)19-12-16-7-4-5-8-17(16)14-23-19/h2,4-5,7-14H,1H2. The van der Waals surface area contributed by atoms with Gasteiger partial charge in [-0.1, -0.05) is 42.7 Å². The summed E-state index contributed by atoms with van der Waals surface area (Å²) in [6.45, 7) is 3.58. The minimum absolute atomic E-state index is 0.102. The predicted octanol–water partition coefficient (Wildman–Crippen LogP) is 4.55. The first-order chi connectivity index (χ1) is 12.2. The summed E-state index contributed by atoms with van der Waals surface area (Å²) in [5.41, 5.74) is 1.78. The van der Waals surface area contributed by atoms with Gasteiger partial charge in [0.2, 0.25) is 0 Å². The van der Waals surface area contributed by atoms with Gasteiger partial charge in [-0.15, -0.1) is 0 Å². The number of hydrogen-bond donors (Lipinski definition) is 0. The summed E-state index contributed by atoms with van der Waals surface area (Å²) < 4.78 is 5.94. The molecule has 0 aliphatic heterocycles. The van der Waals surface area contributed by atoms with Gasteiger partial charge < -0.3 is 4.42 Å². The smallest absolute Gasteiger partial charge is 0.193 e. The minimum Gasteiger partial charge on any atom is -0.454 e. The molecule has 2 aromatic heterocycles. The summed E-state index contributed by atoms with van der Waals surface area (Å²) >= 11 is 0. The Labute approximate surface area is 144 Å². The van der Waals surface area contributed by atoms with Gasteiger partial charge in [0.05, 0.1) is 5.39 Å². The van der Waals surface area contributed by atoms with Crippen LogP contribution in [0.1, 0.15) is 5.56 Å². The van der Waals surface area contributed by atoms with Crippen LogP contribution in [0.25, 0.3) is 33.2 Å². The highest BCUT2D eigenvalue weighted by Crippen LogP contribution is 2.24. The van der Waals surface area contributed by atoms with E-state index in [0.717, 1.165) is 16.3 Å². The van der Waals surface area contributed by atoms with Crippen LogP contribution in [0.5, 0.6) is 0 Å². The van der Waals surface area contributed by atoms with Crippen LogP contribution in [0.3, 0.4) is 0 Å². The summed E-state index contributed by atoms with van der Waals surface area (Å²) in [6.07, 6.45) is 3.30. The molecule has 0 aliphatic rings. The molecule has 0 unspecified atom stereocenters. The van der Waals surface area contributed by atoms with Crippen molar-refractivity contribution in [3.63, 3.8) is 0 Å². The van der Waals surface area contributed by atoms with Crippen LogP contribution in [-0.2, 0) is 0 Å². The van der Waals surface area contributed by atoms with Gasteiger partial charge in [-0.05, 0) is 35.7 Å². The van der Waals surface area contributed by atoms with E-state index in [1.165, 1.54) is 12.1 Å². The van der Waals surface area contributed by atoms with E-state index in [4.69, 9.17) is 4.42 Å². The lowest BCUT2D eigenvalue weighted by atomic mass is 10.1. The second-order valence-electron chi connectivity index (χ2n) is 5.58. The molecule has 0 N–H and O–H groups in total. The first-order valence-corrected chi connectivity index (χ1v) is 7.80. The van der Waals surface area contributed by atoms with Crippen LogP contribution in [0.2, 0.25) is 0 Å². The average Bonchev–Trinajstić information content (AvgIpc) is 2.65. The van der Waals surface area contributed by atoms with Gasteiger partial charge in [0.1, 0.15) is 11.3 Å². The molecule has 4 rings (SSSR count). The third-order valence-electron chi connectivity index (χ3n) is 3.93. The number of rotatable bonds is 1. The van der Waals surface area contributed by atoms with E-state index in [-0.39, 0.29) is 5.43 Å².